The summed E-state index contributed by atoms with van der Waals surface area (Å²) in [7, 11) is 0. The Morgan fingerprint density at radius 2 is 1.72 bits per heavy atom. The van der Waals surface area contributed by atoms with Gasteiger partial charge in [0.15, 0.2) is 0 Å². The van der Waals surface area contributed by atoms with Gasteiger partial charge in [-0.05, 0) is 118 Å². The Kier molecular flexibility index (Phi) is 13.8. The van der Waals surface area contributed by atoms with Gasteiger partial charge in [0.1, 0.15) is 17.3 Å². The van der Waals surface area contributed by atoms with Crippen molar-refractivity contribution < 1.29 is 33.2 Å². The number of amides is 6. The van der Waals surface area contributed by atoms with Crippen LogP contribution in [-0.4, -0.2) is 70.6 Å². The fourth-order valence-electron chi connectivity index (χ4n) is 11.6. The van der Waals surface area contributed by atoms with Gasteiger partial charge >= 0.3 is 0 Å². The second-order valence-electron chi connectivity index (χ2n) is 18.6. The van der Waals surface area contributed by atoms with Crippen molar-refractivity contribution in [2.45, 2.75) is 132 Å². The molecule has 6 amide bonds. The van der Waals surface area contributed by atoms with Crippen molar-refractivity contribution in [2.75, 3.05) is 11.9 Å². The molecule has 344 valence electrons. The van der Waals surface area contributed by atoms with Crippen LogP contribution in [0.3, 0.4) is 0 Å². The average molecular weight is 928 g/mol. The topological polar surface area (TPSA) is 166 Å². The number of benzene rings is 2. The second-order valence-corrected chi connectivity index (χ2v) is 19.5. The third-order valence-electron chi connectivity index (χ3n) is 14.7. The number of imide groups is 1. The van der Waals surface area contributed by atoms with Gasteiger partial charge in [0.25, 0.3) is 5.91 Å². The van der Waals surface area contributed by atoms with E-state index in [0.29, 0.717) is 92.7 Å². The van der Waals surface area contributed by atoms with Crippen molar-refractivity contribution in [3.63, 3.8) is 0 Å². The predicted molar refractivity (Wildman–Crippen MR) is 247 cm³/mol. The summed E-state index contributed by atoms with van der Waals surface area (Å²) in [6.45, 7) is 8.75. The number of carbonyl (C=O) groups excluding carboxylic acids is 6. The zero-order valence-electron chi connectivity index (χ0n) is 36.5. The third kappa shape index (κ3) is 9.08. The highest BCUT2D eigenvalue weighted by Crippen LogP contribution is 2.61. The van der Waals surface area contributed by atoms with Crippen LogP contribution in [0, 0.1) is 11.8 Å². The molecule has 4 fully saturated rings. The van der Waals surface area contributed by atoms with Crippen molar-refractivity contribution in [3.8, 4) is 0 Å². The van der Waals surface area contributed by atoms with Crippen LogP contribution in [0.25, 0.3) is 0 Å². The van der Waals surface area contributed by atoms with Gasteiger partial charge in [0.05, 0.1) is 12.0 Å². The monoisotopic (exact) mass is 926 g/mol. The summed E-state index contributed by atoms with van der Waals surface area (Å²) in [5.74, 6) is -3.68. The van der Waals surface area contributed by atoms with Gasteiger partial charge in [-0.15, -0.1) is 0 Å². The number of carbonyl (C=O) groups is 6. The molecule has 4 aliphatic heterocycles. The molecule has 65 heavy (non-hydrogen) atoms. The molecule has 8 rings (SSSR count). The molecule has 2 aliphatic carbocycles. The van der Waals surface area contributed by atoms with Crippen molar-refractivity contribution in [3.05, 3.63) is 111 Å². The van der Waals surface area contributed by atoms with E-state index < -0.39 is 40.7 Å². The zero-order chi connectivity index (χ0) is 46.0. The van der Waals surface area contributed by atoms with E-state index in [1.54, 1.807) is 29.2 Å². The standard InChI is InChI=1S/C50H57Cl2FN6O6/c1-29(14-15-31-11-7-12-35-36(31)28-59(47(35)64)40-22-23-41(60)57-45(40)62)9-8-26-54-44(61)32-16-19-34(20-17-32)55-46(63)43-42(38(53)13-6-10-30(2)51)50(49(58-43)24-4-3-5-25-49)37-21-18-33(52)27-39(37)56-48(50)65/h6-7,10-13,18,21,27,32,34,40,42-43,58H,1-5,8-9,14-17,19-20,22-26,28H2,(H,54,61)(H,55,63)(H,56,65)(H,57,60,62)/b10-6-,38-13-/t32-,34-,40?,42-,43+,50+/m0/s1. The van der Waals surface area contributed by atoms with Crippen LogP contribution in [0.15, 0.2) is 84.2 Å². The molecule has 2 aromatic rings. The van der Waals surface area contributed by atoms with Gasteiger partial charge in [0, 0.05) is 58.3 Å². The quantitative estimate of drug-likeness (QED) is 0.0567. The molecule has 2 spiro atoms. The highest BCUT2D eigenvalue weighted by atomic mass is 35.5. The van der Waals surface area contributed by atoms with Gasteiger partial charge in [0.2, 0.25) is 29.5 Å². The Bertz CT molecular complexity index is 2370. The summed E-state index contributed by atoms with van der Waals surface area (Å²) < 4.78 is 16.9. The lowest BCUT2D eigenvalue weighted by Gasteiger charge is -2.46. The predicted octanol–water partition coefficient (Wildman–Crippen LogP) is 7.50. The van der Waals surface area contributed by atoms with E-state index in [2.05, 4.69) is 39.7 Å². The highest BCUT2D eigenvalue weighted by molar-refractivity contribution is 6.31. The first-order valence-electron chi connectivity index (χ1n) is 23.0. The first-order chi connectivity index (χ1) is 31.2. The van der Waals surface area contributed by atoms with Crippen LogP contribution in [0.5, 0.6) is 0 Å². The van der Waals surface area contributed by atoms with Gasteiger partial charge < -0.3 is 20.9 Å². The number of aryl methyl sites for hydroxylation is 1. The molecule has 2 saturated heterocycles. The number of hydrogen-bond donors (Lipinski definition) is 5. The number of anilines is 1. The summed E-state index contributed by atoms with van der Waals surface area (Å²) in [6, 6.07) is 8.88. The maximum absolute atomic E-state index is 16.9. The molecule has 0 aromatic heterocycles. The largest absolute Gasteiger partial charge is 0.356 e. The molecule has 4 atom stereocenters. The Hall–Kier alpha value is -5.11. The van der Waals surface area contributed by atoms with E-state index in [-0.39, 0.29) is 52.9 Å². The number of fused-ring (bicyclic) bond motifs is 4. The first kappa shape index (κ1) is 46.4. The second kappa shape index (κ2) is 19.4. The molecular weight excluding hydrogens is 870 g/mol. The van der Waals surface area contributed by atoms with Gasteiger partial charge in [-0.25, -0.2) is 4.39 Å². The lowest BCUT2D eigenvalue weighted by molar-refractivity contribution is -0.137. The highest BCUT2D eigenvalue weighted by Gasteiger charge is 2.72. The van der Waals surface area contributed by atoms with E-state index in [1.807, 2.05) is 12.1 Å². The lowest BCUT2D eigenvalue weighted by Crippen LogP contribution is -2.60. The molecule has 12 nitrogen and oxygen atoms in total. The SMILES string of the molecule is C=C(Cl)/C=C\C=C(/F)[C@H]1[C@H](C(=O)N[C@H]2CC[C@H](C(=O)NCCCC(=C)CCc3cccc4c3CN(C3CCC(=O)NC3=O)C4=O)CC2)NC2(CCCCC2)[C@@]12C(=O)Nc1cc(Cl)ccc12. The number of allylic oxidation sites excluding steroid dienone is 5. The minimum absolute atomic E-state index is 0.0184. The summed E-state index contributed by atoms with van der Waals surface area (Å²) >= 11 is 12.3. The number of halogens is 3. The number of rotatable bonds is 14. The molecule has 5 N–H and O–H groups in total. The third-order valence-corrected chi connectivity index (χ3v) is 15.1. The Labute approximate surface area is 389 Å². The van der Waals surface area contributed by atoms with Crippen molar-refractivity contribution in [2.24, 2.45) is 11.8 Å². The Morgan fingerprint density at radius 1 is 0.954 bits per heavy atom. The van der Waals surface area contributed by atoms with Crippen LogP contribution in [0.1, 0.15) is 117 Å². The maximum atomic E-state index is 16.9. The molecule has 2 aromatic carbocycles. The summed E-state index contributed by atoms with van der Waals surface area (Å²) in [4.78, 5) is 81.2. The molecule has 6 aliphatic rings. The van der Waals surface area contributed by atoms with E-state index >= 15 is 4.39 Å². The minimum Gasteiger partial charge on any atom is -0.356 e. The fourth-order valence-corrected chi connectivity index (χ4v) is 11.8. The first-order valence-corrected chi connectivity index (χ1v) is 23.8. The van der Waals surface area contributed by atoms with Crippen LogP contribution in [0.4, 0.5) is 10.1 Å². The lowest BCUT2D eigenvalue weighted by atomic mass is 9.56. The van der Waals surface area contributed by atoms with Crippen LogP contribution in [-0.2, 0) is 42.4 Å². The molecule has 2 saturated carbocycles. The number of piperidine rings is 1. The van der Waals surface area contributed by atoms with E-state index in [0.717, 1.165) is 48.8 Å². The zero-order valence-corrected chi connectivity index (χ0v) is 38.1. The van der Waals surface area contributed by atoms with Gasteiger partial charge in [-0.2, -0.15) is 0 Å². The molecule has 4 heterocycles. The van der Waals surface area contributed by atoms with Crippen molar-refractivity contribution in [1.29, 1.82) is 0 Å². The van der Waals surface area contributed by atoms with Gasteiger partial charge in [-0.1, -0.05) is 85.5 Å². The Morgan fingerprint density at radius 3 is 2.46 bits per heavy atom. The average Bonchev–Trinajstić information content (AvgIpc) is 3.88. The van der Waals surface area contributed by atoms with E-state index in [9.17, 15) is 28.8 Å². The molecule has 0 bridgehead atoms. The number of nitrogens with zero attached hydrogens (tertiary/aromatic N) is 1. The summed E-state index contributed by atoms with van der Waals surface area (Å²) in [6.07, 6.45) is 13.7. The van der Waals surface area contributed by atoms with Crippen LogP contribution < -0.4 is 26.6 Å². The van der Waals surface area contributed by atoms with Gasteiger partial charge in [-0.3, -0.25) is 39.4 Å². The fraction of sp³-hybridized carbons (Fsp3) is 0.480. The molecular formula is C50H57Cl2FN6O6. The smallest absolute Gasteiger partial charge is 0.255 e. The normalized spacial score (nSPS) is 27.2. The van der Waals surface area contributed by atoms with E-state index in [4.69, 9.17) is 23.2 Å². The Balaban J connectivity index is 0.836. The summed E-state index contributed by atoms with van der Waals surface area (Å²) in [5, 5.41) is 15.9. The molecule has 0 radical (unpaired) electrons. The minimum atomic E-state index is -1.42. The van der Waals surface area contributed by atoms with E-state index in [1.165, 1.54) is 18.2 Å². The number of hydrogen-bond acceptors (Lipinski definition) is 7. The van der Waals surface area contributed by atoms with Crippen molar-refractivity contribution in [1.82, 2.24) is 26.2 Å². The van der Waals surface area contributed by atoms with Crippen LogP contribution >= 0.6 is 23.2 Å². The van der Waals surface area contributed by atoms with Crippen LogP contribution in [0.2, 0.25) is 5.02 Å². The molecule has 1 unspecified atom stereocenters. The molecule has 15 heteroatoms. The summed E-state index contributed by atoms with van der Waals surface area (Å²) in [5.41, 5.74) is 2.42. The maximum Gasteiger partial charge on any atom is 0.255 e. The van der Waals surface area contributed by atoms with Crippen molar-refractivity contribution >= 4 is 64.3 Å². The number of nitrogens with one attached hydrogen (secondary N) is 5.